The quantitative estimate of drug-likeness (QED) is 0.383. The van der Waals surface area contributed by atoms with Crippen LogP contribution in [0.2, 0.25) is 0 Å². The van der Waals surface area contributed by atoms with Gasteiger partial charge in [-0.1, -0.05) is 5.18 Å². The van der Waals surface area contributed by atoms with Crippen molar-refractivity contribution in [2.45, 2.75) is 6.54 Å². The summed E-state index contributed by atoms with van der Waals surface area (Å²) in [6.45, 7) is -0.593. The number of aromatic nitrogens is 3. The van der Waals surface area contributed by atoms with E-state index in [2.05, 4.69) is 20.1 Å². The van der Waals surface area contributed by atoms with E-state index in [9.17, 15) is 25.1 Å². The Balaban J connectivity index is 3.25. The molecule has 0 aliphatic carbocycles. The van der Waals surface area contributed by atoms with Crippen molar-refractivity contribution in [2.75, 3.05) is 0 Å². The summed E-state index contributed by atoms with van der Waals surface area (Å²) in [6, 6.07) is 0. The number of nitroso groups, excluding NO2 is 1. The molecule has 78 valence electrons. The van der Waals surface area contributed by atoms with E-state index in [-0.39, 0.29) is 0 Å². The van der Waals surface area contributed by atoms with Gasteiger partial charge < -0.3 is 20.2 Å². The molecule has 1 aromatic rings. The lowest BCUT2D eigenvalue weighted by atomic mass is 10.6. The first-order valence-electron chi connectivity index (χ1n) is 3.37. The van der Waals surface area contributed by atoms with Crippen molar-refractivity contribution in [3.63, 3.8) is 0 Å². The molecule has 0 saturated heterocycles. The molecule has 0 bridgehead atoms. The van der Waals surface area contributed by atoms with Gasteiger partial charge in [-0.05, 0) is 19.8 Å². The largest absolute Gasteiger partial charge is 0.478 e. The maximum atomic E-state index is 10.3. The van der Waals surface area contributed by atoms with E-state index in [0.29, 0.717) is 0 Å². The van der Waals surface area contributed by atoms with Crippen LogP contribution in [-0.2, 0) is 6.54 Å². The molecule has 11 heteroatoms. The van der Waals surface area contributed by atoms with Crippen LogP contribution < -0.4 is 0 Å². The van der Waals surface area contributed by atoms with Crippen LogP contribution in [-0.4, -0.2) is 24.8 Å². The first-order chi connectivity index (χ1) is 7.04. The molecule has 0 unspecified atom stereocenters. The molecule has 0 amide bonds. The summed E-state index contributed by atoms with van der Waals surface area (Å²) in [4.78, 5) is 37.6. The van der Waals surface area contributed by atoms with Crippen LogP contribution in [0.5, 0.6) is 0 Å². The third-order valence-electron chi connectivity index (χ3n) is 1.19. The summed E-state index contributed by atoms with van der Waals surface area (Å²) < 4.78 is 0. The van der Waals surface area contributed by atoms with Crippen LogP contribution in [0.3, 0.4) is 0 Å². The molecule has 0 aliphatic rings. The number of hydrogen-bond acceptors (Lipinski definition) is 9. The Morgan fingerprint density at radius 1 is 1.07 bits per heavy atom. The van der Waals surface area contributed by atoms with Crippen molar-refractivity contribution in [3.05, 3.63) is 31.0 Å². The first-order valence-corrected chi connectivity index (χ1v) is 3.37. The lowest BCUT2D eigenvalue weighted by Gasteiger charge is -1.93. The molecule has 0 saturated carbocycles. The van der Waals surface area contributed by atoms with Gasteiger partial charge in [-0.3, -0.25) is 0 Å². The minimum atomic E-state index is -1.02. The summed E-state index contributed by atoms with van der Waals surface area (Å²) in [7, 11) is 0. The van der Waals surface area contributed by atoms with E-state index in [4.69, 9.17) is 0 Å². The highest BCUT2D eigenvalue weighted by Gasteiger charge is 2.23. The third-order valence-corrected chi connectivity index (χ3v) is 1.19. The molecule has 0 aliphatic heterocycles. The van der Waals surface area contributed by atoms with E-state index in [0.717, 1.165) is 0 Å². The Morgan fingerprint density at radius 2 is 1.53 bits per heavy atom. The summed E-state index contributed by atoms with van der Waals surface area (Å²) in [5, 5.41) is 22.9. The molecule has 15 heavy (non-hydrogen) atoms. The second-order valence-corrected chi connectivity index (χ2v) is 2.15. The molecule has 0 radical (unpaired) electrons. The predicted molar refractivity (Wildman–Crippen MR) is 42.6 cm³/mol. The predicted octanol–water partition coefficient (Wildman–Crippen LogP) is -0.0456. The summed E-state index contributed by atoms with van der Waals surface area (Å²) in [5.41, 5.74) is 0. The first kappa shape index (κ1) is 10.5. The standard InChI is InChI=1S/C4H2N6O5/c11-5-1-2-6-3(9(12)13)8-4(7-2)10(14)15/h1H2. The van der Waals surface area contributed by atoms with Gasteiger partial charge in [-0.2, -0.15) is 4.91 Å². The molecule has 0 N–H and O–H groups in total. The highest BCUT2D eigenvalue weighted by molar-refractivity contribution is 5.14. The van der Waals surface area contributed by atoms with Gasteiger partial charge in [-0.25, -0.2) is 0 Å². The normalized spacial score (nSPS) is 9.60. The average Bonchev–Trinajstić information content (AvgIpc) is 2.17. The number of nitro groups is 2. The minimum absolute atomic E-state index is 0.418. The molecule has 11 nitrogen and oxygen atoms in total. The minimum Gasteiger partial charge on any atom is -0.390 e. The molecular formula is C4H2N6O5. The van der Waals surface area contributed by atoms with Gasteiger partial charge in [0.15, 0.2) is 6.54 Å². The van der Waals surface area contributed by atoms with Gasteiger partial charge in [0.25, 0.3) is 0 Å². The summed E-state index contributed by atoms with van der Waals surface area (Å²) >= 11 is 0. The zero-order chi connectivity index (χ0) is 11.4. The van der Waals surface area contributed by atoms with Crippen LogP contribution >= 0.6 is 0 Å². The van der Waals surface area contributed by atoms with Crippen LogP contribution in [0.25, 0.3) is 0 Å². The monoisotopic (exact) mass is 214 g/mol. The van der Waals surface area contributed by atoms with Crippen molar-refractivity contribution < 1.29 is 9.85 Å². The molecule has 1 rings (SSSR count). The Morgan fingerprint density at radius 3 is 1.87 bits per heavy atom. The van der Waals surface area contributed by atoms with Crippen molar-refractivity contribution in [1.29, 1.82) is 0 Å². The van der Waals surface area contributed by atoms with E-state index in [1.54, 1.807) is 0 Å². The van der Waals surface area contributed by atoms with Gasteiger partial charge in [-0.15, -0.1) is 0 Å². The van der Waals surface area contributed by atoms with Crippen molar-refractivity contribution in [1.82, 2.24) is 15.0 Å². The highest BCUT2D eigenvalue weighted by Crippen LogP contribution is 2.09. The zero-order valence-corrected chi connectivity index (χ0v) is 6.93. The fraction of sp³-hybridized carbons (Fsp3) is 0.250. The maximum Gasteiger partial charge on any atom is 0.478 e. The van der Waals surface area contributed by atoms with Crippen molar-refractivity contribution >= 4 is 11.9 Å². The maximum absolute atomic E-state index is 10.3. The Labute approximate surface area is 80.5 Å². The Bertz CT molecular complexity index is 399. The van der Waals surface area contributed by atoms with Gasteiger partial charge in [0.2, 0.25) is 0 Å². The molecule has 0 atom stereocenters. The van der Waals surface area contributed by atoms with Crippen LogP contribution in [0.15, 0.2) is 5.18 Å². The number of rotatable bonds is 4. The Hall–Kier alpha value is -2.59. The third kappa shape index (κ3) is 2.43. The van der Waals surface area contributed by atoms with Gasteiger partial charge in [0, 0.05) is 4.98 Å². The lowest BCUT2D eigenvalue weighted by molar-refractivity contribution is -0.409. The van der Waals surface area contributed by atoms with E-state index >= 15 is 0 Å². The number of nitrogens with zero attached hydrogens (tertiary/aromatic N) is 6. The molecule has 0 aromatic carbocycles. The fourth-order valence-electron chi connectivity index (χ4n) is 0.687. The molecule has 0 fully saturated rings. The topological polar surface area (TPSA) is 154 Å². The second-order valence-electron chi connectivity index (χ2n) is 2.15. The summed E-state index contributed by atoms with van der Waals surface area (Å²) in [6.07, 6.45) is 0. The smallest absolute Gasteiger partial charge is 0.390 e. The van der Waals surface area contributed by atoms with E-state index in [1.807, 2.05) is 0 Å². The van der Waals surface area contributed by atoms with E-state index in [1.165, 1.54) is 0 Å². The summed E-state index contributed by atoms with van der Waals surface area (Å²) in [5.74, 6) is -2.40. The van der Waals surface area contributed by atoms with Gasteiger partial charge in [0.05, 0.1) is 0 Å². The van der Waals surface area contributed by atoms with Gasteiger partial charge >= 0.3 is 17.7 Å². The molecule has 1 aromatic heterocycles. The number of hydrogen-bond donors (Lipinski definition) is 0. The van der Waals surface area contributed by atoms with Crippen molar-refractivity contribution in [3.8, 4) is 0 Å². The van der Waals surface area contributed by atoms with Gasteiger partial charge in [0.1, 0.15) is 0 Å². The zero-order valence-electron chi connectivity index (χ0n) is 6.93. The lowest BCUT2D eigenvalue weighted by Crippen LogP contribution is -2.06. The fourth-order valence-corrected chi connectivity index (χ4v) is 0.687. The SMILES string of the molecule is O=NCc1nc([N+](=O)[O-])nc([N+](=O)[O-])n1. The van der Waals surface area contributed by atoms with Crippen LogP contribution in [0, 0.1) is 25.1 Å². The molecule has 0 spiro atoms. The van der Waals surface area contributed by atoms with E-state index < -0.39 is 34.1 Å². The van der Waals surface area contributed by atoms with Crippen LogP contribution in [0.4, 0.5) is 11.9 Å². The Kier molecular flexibility index (Phi) is 2.85. The van der Waals surface area contributed by atoms with Crippen molar-refractivity contribution in [2.24, 2.45) is 5.18 Å². The van der Waals surface area contributed by atoms with Crippen LogP contribution in [0.1, 0.15) is 5.82 Å². The molecular weight excluding hydrogens is 212 g/mol. The average molecular weight is 214 g/mol. The second kappa shape index (κ2) is 4.08. The molecule has 1 heterocycles. The highest BCUT2D eigenvalue weighted by atomic mass is 16.6.